The van der Waals surface area contributed by atoms with E-state index in [1.54, 1.807) is 17.0 Å². The minimum absolute atomic E-state index is 0.129. The van der Waals surface area contributed by atoms with Crippen molar-refractivity contribution in [2.45, 2.75) is 64.5 Å². The van der Waals surface area contributed by atoms with Crippen molar-refractivity contribution in [1.82, 2.24) is 20.1 Å². The SMILES string of the molecule is CCN(CC)CCCN(C(=O)c1ccc(-c2ccccc2)[nH]1)C(C(=O)NC1CCCCC1)c1ccc(Cl)cc1. The molecule has 39 heavy (non-hydrogen) atoms. The second-order valence-corrected chi connectivity index (χ2v) is 10.8. The van der Waals surface area contributed by atoms with Gasteiger partial charge in [-0.3, -0.25) is 9.59 Å². The molecule has 1 aromatic heterocycles. The van der Waals surface area contributed by atoms with Crippen LogP contribution in [0.25, 0.3) is 11.3 Å². The van der Waals surface area contributed by atoms with Crippen molar-refractivity contribution in [3.63, 3.8) is 0 Å². The number of aromatic nitrogens is 1. The van der Waals surface area contributed by atoms with Gasteiger partial charge in [0.2, 0.25) is 5.91 Å². The monoisotopic (exact) mass is 548 g/mol. The number of aromatic amines is 1. The van der Waals surface area contributed by atoms with E-state index < -0.39 is 6.04 Å². The third-order valence-electron chi connectivity index (χ3n) is 7.73. The number of benzene rings is 2. The van der Waals surface area contributed by atoms with Crippen LogP contribution in [0.1, 0.15) is 74.5 Å². The van der Waals surface area contributed by atoms with E-state index in [4.69, 9.17) is 11.6 Å². The van der Waals surface area contributed by atoms with Gasteiger partial charge in [-0.2, -0.15) is 0 Å². The molecule has 0 aliphatic heterocycles. The summed E-state index contributed by atoms with van der Waals surface area (Å²) in [5.41, 5.74) is 3.12. The molecule has 0 spiro atoms. The Balaban J connectivity index is 1.66. The van der Waals surface area contributed by atoms with Crippen LogP contribution in [0.5, 0.6) is 0 Å². The molecule has 1 heterocycles. The average molecular weight is 549 g/mol. The summed E-state index contributed by atoms with van der Waals surface area (Å²) in [5.74, 6) is -0.314. The van der Waals surface area contributed by atoms with Crippen molar-refractivity contribution in [2.24, 2.45) is 0 Å². The third kappa shape index (κ3) is 7.74. The largest absolute Gasteiger partial charge is 0.351 e. The molecule has 3 aromatic rings. The first-order valence-electron chi connectivity index (χ1n) is 14.3. The van der Waals surface area contributed by atoms with Crippen LogP contribution in [0, 0.1) is 0 Å². The van der Waals surface area contributed by atoms with Gasteiger partial charge in [0.05, 0.1) is 0 Å². The van der Waals surface area contributed by atoms with Crippen LogP contribution < -0.4 is 5.32 Å². The van der Waals surface area contributed by atoms with Crippen LogP contribution >= 0.6 is 11.6 Å². The molecule has 0 bridgehead atoms. The summed E-state index contributed by atoms with van der Waals surface area (Å²) in [6, 6.07) is 20.4. The quantitative estimate of drug-likeness (QED) is 0.264. The second-order valence-electron chi connectivity index (χ2n) is 10.3. The Morgan fingerprint density at radius 3 is 2.28 bits per heavy atom. The van der Waals surface area contributed by atoms with Gasteiger partial charge in [-0.15, -0.1) is 0 Å². The summed E-state index contributed by atoms with van der Waals surface area (Å²) in [6.45, 7) is 7.50. The topological polar surface area (TPSA) is 68.4 Å². The van der Waals surface area contributed by atoms with Gasteiger partial charge < -0.3 is 20.1 Å². The Morgan fingerprint density at radius 2 is 1.62 bits per heavy atom. The molecular weight excluding hydrogens is 508 g/mol. The maximum absolute atomic E-state index is 14.2. The summed E-state index contributed by atoms with van der Waals surface area (Å²) >= 11 is 6.21. The first-order chi connectivity index (χ1) is 19.0. The third-order valence-corrected chi connectivity index (χ3v) is 7.98. The van der Waals surface area contributed by atoms with E-state index in [1.165, 1.54) is 6.42 Å². The van der Waals surface area contributed by atoms with Crippen molar-refractivity contribution in [3.05, 3.63) is 83.0 Å². The maximum Gasteiger partial charge on any atom is 0.271 e. The number of nitrogens with zero attached hydrogens (tertiary/aromatic N) is 2. The van der Waals surface area contributed by atoms with E-state index in [9.17, 15) is 9.59 Å². The molecule has 1 aliphatic carbocycles. The molecule has 1 atom stereocenters. The highest BCUT2D eigenvalue weighted by atomic mass is 35.5. The van der Waals surface area contributed by atoms with Gasteiger partial charge in [0, 0.05) is 23.3 Å². The number of hydrogen-bond donors (Lipinski definition) is 2. The van der Waals surface area contributed by atoms with Crippen molar-refractivity contribution < 1.29 is 9.59 Å². The van der Waals surface area contributed by atoms with E-state index in [0.29, 0.717) is 17.3 Å². The maximum atomic E-state index is 14.2. The van der Waals surface area contributed by atoms with Crippen LogP contribution in [0.4, 0.5) is 0 Å². The normalized spacial score (nSPS) is 14.8. The van der Waals surface area contributed by atoms with E-state index in [0.717, 1.165) is 68.6 Å². The smallest absolute Gasteiger partial charge is 0.271 e. The fourth-order valence-electron chi connectivity index (χ4n) is 5.46. The molecule has 1 fully saturated rings. The van der Waals surface area contributed by atoms with Gasteiger partial charge in [0.15, 0.2) is 0 Å². The Bertz CT molecular complexity index is 1180. The summed E-state index contributed by atoms with van der Waals surface area (Å²) in [6.07, 6.45) is 6.17. The summed E-state index contributed by atoms with van der Waals surface area (Å²) in [4.78, 5) is 35.5. The van der Waals surface area contributed by atoms with Crippen molar-refractivity contribution >= 4 is 23.4 Å². The average Bonchev–Trinajstić information content (AvgIpc) is 3.47. The summed E-state index contributed by atoms with van der Waals surface area (Å²) < 4.78 is 0. The van der Waals surface area contributed by atoms with E-state index in [1.807, 2.05) is 54.6 Å². The Kier molecular flexibility index (Phi) is 10.6. The predicted octanol–water partition coefficient (Wildman–Crippen LogP) is 6.70. The highest BCUT2D eigenvalue weighted by molar-refractivity contribution is 6.30. The zero-order valence-corrected chi connectivity index (χ0v) is 23.9. The predicted molar refractivity (Wildman–Crippen MR) is 159 cm³/mol. The first kappa shape index (κ1) is 28.9. The highest BCUT2D eigenvalue weighted by Gasteiger charge is 2.34. The van der Waals surface area contributed by atoms with Crippen LogP contribution in [0.3, 0.4) is 0 Å². The lowest BCUT2D eigenvalue weighted by Crippen LogP contribution is -2.47. The van der Waals surface area contributed by atoms with Crippen molar-refractivity contribution in [3.8, 4) is 11.3 Å². The minimum atomic E-state index is -0.753. The van der Waals surface area contributed by atoms with Gasteiger partial charge in [0.25, 0.3) is 5.91 Å². The van der Waals surface area contributed by atoms with Crippen LogP contribution in [0.15, 0.2) is 66.7 Å². The number of carbonyl (C=O) groups is 2. The van der Waals surface area contributed by atoms with E-state index >= 15 is 0 Å². The van der Waals surface area contributed by atoms with E-state index in [-0.39, 0.29) is 17.9 Å². The Hall–Kier alpha value is -3.09. The molecule has 1 saturated carbocycles. The lowest BCUT2D eigenvalue weighted by molar-refractivity contribution is -0.127. The van der Waals surface area contributed by atoms with Crippen LogP contribution in [-0.4, -0.2) is 58.8 Å². The van der Waals surface area contributed by atoms with Gasteiger partial charge in [-0.25, -0.2) is 0 Å². The molecule has 208 valence electrons. The number of carbonyl (C=O) groups excluding carboxylic acids is 2. The minimum Gasteiger partial charge on any atom is -0.351 e. The summed E-state index contributed by atoms with van der Waals surface area (Å²) in [5, 5.41) is 3.88. The number of halogens is 1. The number of rotatable bonds is 12. The van der Waals surface area contributed by atoms with Gasteiger partial charge >= 0.3 is 0 Å². The van der Waals surface area contributed by atoms with Gasteiger partial charge in [-0.1, -0.05) is 87.2 Å². The van der Waals surface area contributed by atoms with Crippen LogP contribution in [0.2, 0.25) is 5.02 Å². The van der Waals surface area contributed by atoms with Gasteiger partial charge in [-0.05, 0) is 74.3 Å². The number of amides is 2. The lowest BCUT2D eigenvalue weighted by atomic mass is 9.94. The van der Waals surface area contributed by atoms with E-state index in [2.05, 4.69) is 29.0 Å². The molecule has 2 aromatic carbocycles. The zero-order valence-electron chi connectivity index (χ0n) is 23.2. The molecule has 2 amide bonds. The number of hydrogen-bond acceptors (Lipinski definition) is 3. The molecule has 1 aliphatic rings. The second kappa shape index (κ2) is 14.3. The highest BCUT2D eigenvalue weighted by Crippen LogP contribution is 2.28. The Morgan fingerprint density at radius 1 is 0.923 bits per heavy atom. The molecule has 7 heteroatoms. The molecule has 0 radical (unpaired) electrons. The zero-order chi connectivity index (χ0) is 27.6. The fraction of sp³-hybridized carbons (Fsp3) is 0.438. The van der Waals surface area contributed by atoms with Gasteiger partial charge in [0.1, 0.15) is 11.7 Å². The number of nitrogens with one attached hydrogen (secondary N) is 2. The molecule has 1 unspecified atom stereocenters. The molecule has 0 saturated heterocycles. The molecule has 6 nitrogen and oxygen atoms in total. The first-order valence-corrected chi connectivity index (χ1v) is 14.7. The Labute approximate surface area is 237 Å². The number of H-pyrrole nitrogens is 1. The molecular formula is C32H41ClN4O2. The lowest BCUT2D eigenvalue weighted by Gasteiger charge is -2.34. The summed E-state index contributed by atoms with van der Waals surface area (Å²) in [7, 11) is 0. The molecule has 4 rings (SSSR count). The van der Waals surface area contributed by atoms with Crippen molar-refractivity contribution in [2.75, 3.05) is 26.2 Å². The molecule has 2 N–H and O–H groups in total. The fourth-order valence-corrected chi connectivity index (χ4v) is 5.58. The van der Waals surface area contributed by atoms with Crippen LogP contribution in [-0.2, 0) is 4.79 Å². The van der Waals surface area contributed by atoms with Crippen molar-refractivity contribution in [1.29, 1.82) is 0 Å². The standard InChI is InChI=1S/C32H41ClN4O2/c1-3-36(4-2)22-11-23-37(32(39)29-21-20-28(35-29)24-12-7-5-8-13-24)30(25-16-18-26(33)19-17-25)31(38)34-27-14-9-6-10-15-27/h5,7-8,12-13,16-21,27,30,35H,3-4,6,9-11,14-15,22-23H2,1-2H3,(H,34,38).